The smallest absolute Gasteiger partial charge is 0.252 e. The van der Waals surface area contributed by atoms with Crippen LogP contribution in [0.2, 0.25) is 0 Å². The molecule has 26 heavy (non-hydrogen) atoms. The van der Waals surface area contributed by atoms with Crippen LogP contribution in [0.3, 0.4) is 0 Å². The lowest BCUT2D eigenvalue weighted by Gasteiger charge is -2.43. The second kappa shape index (κ2) is 8.44. The van der Waals surface area contributed by atoms with Crippen LogP contribution in [-0.4, -0.2) is 73.1 Å². The summed E-state index contributed by atoms with van der Waals surface area (Å²) in [4.78, 5) is 29.8. The first kappa shape index (κ1) is 19.9. The molecule has 0 radical (unpaired) electrons. The third kappa shape index (κ3) is 3.87. The van der Waals surface area contributed by atoms with E-state index in [-0.39, 0.29) is 36.4 Å². The summed E-state index contributed by atoms with van der Waals surface area (Å²) in [6, 6.07) is -0.263. The number of hydrogen-bond acceptors (Lipinski definition) is 4. The third-order valence-electron chi connectivity index (χ3n) is 6.74. The Balaban J connectivity index is 0.00000196. The molecule has 2 amide bonds. The molecule has 4 fully saturated rings. The van der Waals surface area contributed by atoms with Crippen molar-refractivity contribution in [2.24, 2.45) is 5.41 Å². The van der Waals surface area contributed by atoms with E-state index in [9.17, 15) is 9.59 Å². The van der Waals surface area contributed by atoms with Crippen LogP contribution in [0.1, 0.15) is 51.4 Å². The molecule has 0 aromatic heterocycles. The van der Waals surface area contributed by atoms with E-state index in [2.05, 4.69) is 5.32 Å². The van der Waals surface area contributed by atoms with Crippen LogP contribution in [0.25, 0.3) is 0 Å². The van der Waals surface area contributed by atoms with E-state index >= 15 is 0 Å². The number of ether oxygens (including phenoxy) is 1. The lowest BCUT2D eigenvalue weighted by Crippen LogP contribution is -2.57. The zero-order valence-corrected chi connectivity index (χ0v) is 16.4. The van der Waals surface area contributed by atoms with E-state index in [1.54, 1.807) is 0 Å². The molecule has 6 nitrogen and oxygen atoms in total. The van der Waals surface area contributed by atoms with Gasteiger partial charge in [-0.3, -0.25) is 9.59 Å². The molecule has 0 saturated carbocycles. The summed E-state index contributed by atoms with van der Waals surface area (Å²) >= 11 is 0. The van der Waals surface area contributed by atoms with E-state index in [1.165, 1.54) is 6.42 Å². The van der Waals surface area contributed by atoms with Gasteiger partial charge in [0.05, 0.1) is 0 Å². The molecule has 1 N–H and O–H groups in total. The van der Waals surface area contributed by atoms with Crippen molar-refractivity contribution >= 4 is 24.2 Å². The van der Waals surface area contributed by atoms with Crippen LogP contribution in [0.4, 0.5) is 0 Å². The number of nitrogens with zero attached hydrogens (tertiary/aromatic N) is 2. The molecule has 0 aliphatic carbocycles. The van der Waals surface area contributed by atoms with Crippen LogP contribution in [0.15, 0.2) is 0 Å². The monoisotopic (exact) mass is 385 g/mol. The first-order chi connectivity index (χ1) is 12.2. The van der Waals surface area contributed by atoms with E-state index in [1.807, 2.05) is 9.80 Å². The zero-order valence-electron chi connectivity index (χ0n) is 15.6. The van der Waals surface area contributed by atoms with Gasteiger partial charge in [0.2, 0.25) is 5.91 Å². The average Bonchev–Trinajstić information content (AvgIpc) is 3.34. The van der Waals surface area contributed by atoms with Gasteiger partial charge >= 0.3 is 0 Å². The Hall–Kier alpha value is -0.850. The van der Waals surface area contributed by atoms with Gasteiger partial charge in [-0.15, -0.1) is 12.4 Å². The van der Waals surface area contributed by atoms with Crippen molar-refractivity contribution in [1.29, 1.82) is 0 Å². The van der Waals surface area contributed by atoms with Crippen LogP contribution in [-0.2, 0) is 14.3 Å². The summed E-state index contributed by atoms with van der Waals surface area (Å²) in [5, 5.41) is 3.47. The van der Waals surface area contributed by atoms with Crippen molar-refractivity contribution in [3.05, 3.63) is 0 Å². The van der Waals surface area contributed by atoms with Crippen molar-refractivity contribution in [3.63, 3.8) is 0 Å². The molecule has 1 spiro atoms. The van der Waals surface area contributed by atoms with Gasteiger partial charge in [-0.2, -0.15) is 0 Å². The number of carbonyl (C=O) groups is 2. The van der Waals surface area contributed by atoms with E-state index in [0.717, 1.165) is 71.1 Å². The summed E-state index contributed by atoms with van der Waals surface area (Å²) in [6.45, 7) is 5.28. The number of piperidine rings is 2. The Morgan fingerprint density at radius 2 is 1.77 bits per heavy atom. The maximum Gasteiger partial charge on any atom is 0.252 e. The highest BCUT2D eigenvalue weighted by atomic mass is 35.5. The Labute approximate surface area is 162 Å². The van der Waals surface area contributed by atoms with Crippen LogP contribution in [0, 0.1) is 5.41 Å². The minimum absolute atomic E-state index is 0. The molecule has 4 rings (SSSR count). The van der Waals surface area contributed by atoms with Gasteiger partial charge in [-0.25, -0.2) is 0 Å². The van der Waals surface area contributed by atoms with Gasteiger partial charge < -0.3 is 19.9 Å². The second-order valence-electron chi connectivity index (χ2n) is 8.30. The van der Waals surface area contributed by atoms with Crippen molar-refractivity contribution < 1.29 is 14.3 Å². The zero-order chi connectivity index (χ0) is 17.3. The normalized spacial score (nSPS) is 31.1. The second-order valence-corrected chi connectivity index (χ2v) is 8.30. The standard InChI is InChI=1S/C19H31N3O3.ClH/c23-17(21-11-7-19(8-12-21)6-9-20-14-19)15-4-1-2-10-22(15)18(24)16-5-3-13-25-16;/h15-16,20H,1-14H2;1H. The van der Waals surface area contributed by atoms with Gasteiger partial charge in [-0.05, 0) is 63.3 Å². The number of hydrogen-bond donors (Lipinski definition) is 1. The van der Waals surface area contributed by atoms with Gasteiger partial charge in [0.25, 0.3) is 5.91 Å². The molecular formula is C19H32ClN3O3. The summed E-state index contributed by atoms with van der Waals surface area (Å²) < 4.78 is 5.58. The van der Waals surface area contributed by atoms with Crippen molar-refractivity contribution in [3.8, 4) is 0 Å². The molecule has 4 heterocycles. The number of amides is 2. The minimum Gasteiger partial charge on any atom is -0.368 e. The summed E-state index contributed by atoms with van der Waals surface area (Å²) in [5.74, 6) is 0.218. The first-order valence-corrected chi connectivity index (χ1v) is 10.1. The fourth-order valence-corrected chi connectivity index (χ4v) is 5.04. The van der Waals surface area contributed by atoms with Crippen molar-refractivity contribution in [2.75, 3.05) is 39.3 Å². The SMILES string of the molecule is Cl.O=C(C1CCCCN1C(=O)C1CCCO1)N1CCC2(CCNC2)CC1. The van der Waals surface area contributed by atoms with Crippen molar-refractivity contribution in [2.45, 2.75) is 63.5 Å². The molecule has 2 atom stereocenters. The molecule has 4 aliphatic heterocycles. The molecule has 2 unspecified atom stereocenters. The van der Waals surface area contributed by atoms with Gasteiger partial charge in [0.1, 0.15) is 12.1 Å². The highest BCUT2D eigenvalue weighted by molar-refractivity contribution is 5.89. The van der Waals surface area contributed by atoms with Crippen LogP contribution >= 0.6 is 12.4 Å². The largest absolute Gasteiger partial charge is 0.368 e. The molecule has 7 heteroatoms. The maximum absolute atomic E-state index is 13.2. The number of rotatable bonds is 2. The number of halogens is 1. The molecule has 148 valence electrons. The molecule has 0 aromatic carbocycles. The predicted octanol–water partition coefficient (Wildman–Crippen LogP) is 1.57. The molecule has 4 saturated heterocycles. The lowest BCUT2D eigenvalue weighted by molar-refractivity contribution is -0.154. The fraction of sp³-hybridized carbons (Fsp3) is 0.895. The predicted molar refractivity (Wildman–Crippen MR) is 101 cm³/mol. The molecular weight excluding hydrogens is 354 g/mol. The van der Waals surface area contributed by atoms with Gasteiger partial charge in [0.15, 0.2) is 0 Å². The fourth-order valence-electron chi connectivity index (χ4n) is 5.04. The average molecular weight is 386 g/mol. The Bertz CT molecular complexity index is 508. The van der Waals surface area contributed by atoms with Crippen molar-refractivity contribution in [1.82, 2.24) is 15.1 Å². The Kier molecular flexibility index (Phi) is 6.46. The minimum atomic E-state index is -0.317. The van der Waals surface area contributed by atoms with E-state index in [4.69, 9.17) is 4.74 Å². The maximum atomic E-state index is 13.2. The van der Waals surface area contributed by atoms with E-state index < -0.39 is 0 Å². The number of likely N-dealkylation sites (tertiary alicyclic amines) is 2. The van der Waals surface area contributed by atoms with Crippen LogP contribution in [0.5, 0.6) is 0 Å². The molecule has 0 bridgehead atoms. The molecule has 0 aromatic rings. The van der Waals surface area contributed by atoms with Crippen LogP contribution < -0.4 is 5.32 Å². The van der Waals surface area contributed by atoms with Gasteiger partial charge in [0, 0.05) is 32.8 Å². The lowest BCUT2D eigenvalue weighted by atomic mass is 9.77. The summed E-state index contributed by atoms with van der Waals surface area (Å²) in [5.41, 5.74) is 0.413. The summed E-state index contributed by atoms with van der Waals surface area (Å²) in [6.07, 6.45) is 7.70. The highest BCUT2D eigenvalue weighted by Gasteiger charge is 2.42. The molecule has 4 aliphatic rings. The van der Waals surface area contributed by atoms with Gasteiger partial charge in [-0.1, -0.05) is 0 Å². The first-order valence-electron chi connectivity index (χ1n) is 10.1. The summed E-state index contributed by atoms with van der Waals surface area (Å²) in [7, 11) is 0. The quantitative estimate of drug-likeness (QED) is 0.783. The van der Waals surface area contributed by atoms with E-state index in [0.29, 0.717) is 18.6 Å². The number of nitrogens with one attached hydrogen (secondary N) is 1. The Morgan fingerprint density at radius 1 is 0.962 bits per heavy atom. The highest BCUT2D eigenvalue weighted by Crippen LogP contribution is 2.37. The topological polar surface area (TPSA) is 61.9 Å². The number of carbonyl (C=O) groups excluding carboxylic acids is 2. The Morgan fingerprint density at radius 3 is 2.42 bits per heavy atom. The third-order valence-corrected chi connectivity index (χ3v) is 6.74.